The molecule has 0 unspecified atom stereocenters. The number of hydrogen-bond acceptors (Lipinski definition) is 4. The minimum Gasteiger partial charge on any atom is -0.357 e. The van der Waals surface area contributed by atoms with Gasteiger partial charge in [-0.3, -0.25) is 9.39 Å². The van der Waals surface area contributed by atoms with Crippen molar-refractivity contribution in [2.45, 2.75) is 19.9 Å². The van der Waals surface area contributed by atoms with E-state index >= 15 is 0 Å². The number of nitrogens with one attached hydrogen (secondary N) is 2. The number of hydrogen-bond donors (Lipinski definition) is 2. The number of benzene rings is 1. The molecule has 4 aromatic rings. The van der Waals surface area contributed by atoms with E-state index in [1.807, 2.05) is 60.2 Å². The summed E-state index contributed by atoms with van der Waals surface area (Å²) >= 11 is 0. The Balaban J connectivity index is 1.41. The smallest absolute Gasteiger partial charge is 0.194 e. The lowest BCUT2D eigenvalue weighted by molar-refractivity contribution is 0.464. The van der Waals surface area contributed by atoms with E-state index in [4.69, 9.17) is 4.99 Å². The minimum atomic E-state index is 0.621. The number of fused-ring (bicyclic) bond motifs is 1. The monoisotopic (exact) mass is 402 g/mol. The molecule has 0 bridgehead atoms. The fraction of sp³-hybridized carbons (Fsp3) is 0.273. The highest BCUT2D eigenvalue weighted by Crippen LogP contribution is 2.16. The van der Waals surface area contributed by atoms with Crippen LogP contribution in [0.4, 0.5) is 0 Å². The highest BCUT2D eigenvalue weighted by atomic mass is 15.3. The van der Waals surface area contributed by atoms with Gasteiger partial charge in [0.15, 0.2) is 11.6 Å². The van der Waals surface area contributed by atoms with Crippen molar-refractivity contribution in [1.82, 2.24) is 34.8 Å². The van der Waals surface area contributed by atoms with Gasteiger partial charge in [-0.15, -0.1) is 10.2 Å². The lowest BCUT2D eigenvalue weighted by Gasteiger charge is -2.21. The first kappa shape index (κ1) is 19.6. The fourth-order valence-corrected chi connectivity index (χ4v) is 3.30. The normalized spacial score (nSPS) is 11.7. The zero-order chi connectivity index (χ0) is 20.8. The van der Waals surface area contributed by atoms with Crippen molar-refractivity contribution < 1.29 is 0 Å². The number of aliphatic imine (C=N–C) groups is 1. The van der Waals surface area contributed by atoms with Gasteiger partial charge in [0.1, 0.15) is 11.6 Å². The topological polar surface area (TPSA) is 86.5 Å². The lowest BCUT2D eigenvalue weighted by atomic mass is 10.2. The van der Waals surface area contributed by atoms with Crippen LogP contribution in [0, 0.1) is 0 Å². The first-order valence-electron chi connectivity index (χ1n) is 10.1. The van der Waals surface area contributed by atoms with Crippen molar-refractivity contribution >= 4 is 11.6 Å². The van der Waals surface area contributed by atoms with E-state index < -0.39 is 0 Å². The van der Waals surface area contributed by atoms with Crippen LogP contribution in [0.1, 0.15) is 18.6 Å². The van der Waals surface area contributed by atoms with Crippen molar-refractivity contribution in [3.8, 4) is 11.3 Å². The summed E-state index contributed by atoms with van der Waals surface area (Å²) in [5, 5.41) is 11.8. The molecule has 30 heavy (non-hydrogen) atoms. The molecule has 8 nitrogen and oxygen atoms in total. The molecule has 2 N–H and O–H groups in total. The number of aromatic nitrogens is 5. The molecule has 0 radical (unpaired) electrons. The molecule has 0 aliphatic heterocycles. The molecule has 3 heterocycles. The van der Waals surface area contributed by atoms with Crippen LogP contribution < -0.4 is 5.32 Å². The second-order valence-electron chi connectivity index (χ2n) is 7.00. The highest BCUT2D eigenvalue weighted by Gasteiger charge is 2.10. The standard InChI is InChI=1S/C22H26N8/c1-3-23-22(24-13-12-21-28-27-20-11-7-8-14-30(20)21)29(2)16-19-25-15-18(26-19)17-9-5-4-6-10-17/h4-11,14-15H,3,12-13,16H2,1-2H3,(H,23,24)(H,25,26). The molecule has 0 aliphatic carbocycles. The highest BCUT2D eigenvalue weighted by molar-refractivity contribution is 5.79. The largest absolute Gasteiger partial charge is 0.357 e. The third-order valence-corrected chi connectivity index (χ3v) is 4.78. The zero-order valence-electron chi connectivity index (χ0n) is 17.3. The number of imidazole rings is 1. The van der Waals surface area contributed by atoms with E-state index in [0.29, 0.717) is 19.5 Å². The van der Waals surface area contributed by atoms with E-state index in [-0.39, 0.29) is 0 Å². The van der Waals surface area contributed by atoms with Crippen LogP contribution in [0.3, 0.4) is 0 Å². The SMILES string of the molecule is CCNC(=NCCc1nnc2ccccn12)N(C)Cc1ncc(-c2ccccc2)[nH]1. The molecule has 0 amide bonds. The van der Waals surface area contributed by atoms with Crippen LogP contribution >= 0.6 is 0 Å². The first-order valence-corrected chi connectivity index (χ1v) is 10.1. The maximum Gasteiger partial charge on any atom is 0.194 e. The van der Waals surface area contributed by atoms with Crippen LogP contribution in [0.15, 0.2) is 65.9 Å². The predicted molar refractivity (Wildman–Crippen MR) is 118 cm³/mol. The van der Waals surface area contributed by atoms with Crippen molar-refractivity contribution in [2.75, 3.05) is 20.1 Å². The Morgan fingerprint density at radius 3 is 2.80 bits per heavy atom. The second kappa shape index (κ2) is 9.21. The average molecular weight is 403 g/mol. The Morgan fingerprint density at radius 1 is 1.13 bits per heavy atom. The third-order valence-electron chi connectivity index (χ3n) is 4.78. The summed E-state index contributed by atoms with van der Waals surface area (Å²) in [7, 11) is 2.01. The number of pyridine rings is 1. The Labute approximate surface area is 175 Å². The van der Waals surface area contributed by atoms with Crippen molar-refractivity contribution in [1.29, 1.82) is 0 Å². The Hall–Kier alpha value is -3.68. The van der Waals surface area contributed by atoms with E-state index in [1.54, 1.807) is 0 Å². The zero-order valence-corrected chi connectivity index (χ0v) is 17.3. The third kappa shape index (κ3) is 4.48. The molecule has 0 saturated carbocycles. The molecule has 8 heteroatoms. The van der Waals surface area contributed by atoms with Gasteiger partial charge < -0.3 is 15.2 Å². The molecule has 0 spiro atoms. The van der Waals surface area contributed by atoms with E-state index in [1.165, 1.54) is 0 Å². The van der Waals surface area contributed by atoms with Crippen LogP contribution in [-0.4, -0.2) is 55.6 Å². The number of nitrogens with zero attached hydrogens (tertiary/aromatic N) is 6. The number of rotatable bonds is 7. The van der Waals surface area contributed by atoms with E-state index in [9.17, 15) is 0 Å². The van der Waals surface area contributed by atoms with Crippen LogP contribution in [-0.2, 0) is 13.0 Å². The Bertz CT molecular complexity index is 1110. The minimum absolute atomic E-state index is 0.621. The van der Waals surface area contributed by atoms with Crippen LogP contribution in [0.2, 0.25) is 0 Å². The molecule has 0 aliphatic rings. The van der Waals surface area contributed by atoms with Gasteiger partial charge >= 0.3 is 0 Å². The summed E-state index contributed by atoms with van der Waals surface area (Å²) in [6.07, 6.45) is 4.57. The van der Waals surface area contributed by atoms with Crippen molar-refractivity contribution in [3.05, 3.63) is 72.6 Å². The molecule has 0 atom stereocenters. The van der Waals surface area contributed by atoms with Gasteiger partial charge in [0.25, 0.3) is 0 Å². The molecular weight excluding hydrogens is 376 g/mol. The molecule has 1 aromatic carbocycles. The molecule has 4 rings (SSSR count). The Morgan fingerprint density at radius 2 is 1.97 bits per heavy atom. The van der Waals surface area contributed by atoms with Gasteiger partial charge in [0, 0.05) is 32.8 Å². The van der Waals surface area contributed by atoms with Gasteiger partial charge in [-0.25, -0.2) is 4.98 Å². The number of H-pyrrole nitrogens is 1. The Kier molecular flexibility index (Phi) is 6.03. The first-order chi connectivity index (χ1) is 14.7. The summed E-state index contributed by atoms with van der Waals surface area (Å²) in [4.78, 5) is 14.8. The van der Waals surface area contributed by atoms with Gasteiger partial charge in [-0.1, -0.05) is 36.4 Å². The average Bonchev–Trinajstić information content (AvgIpc) is 3.41. The summed E-state index contributed by atoms with van der Waals surface area (Å²) in [6.45, 7) is 4.11. The van der Waals surface area contributed by atoms with Gasteiger partial charge in [-0.2, -0.15) is 0 Å². The van der Waals surface area contributed by atoms with Crippen molar-refractivity contribution in [2.24, 2.45) is 4.99 Å². The second-order valence-corrected chi connectivity index (χ2v) is 7.00. The van der Waals surface area contributed by atoms with Crippen LogP contribution in [0.5, 0.6) is 0 Å². The van der Waals surface area contributed by atoms with E-state index in [2.05, 4.69) is 49.4 Å². The van der Waals surface area contributed by atoms with Crippen molar-refractivity contribution in [3.63, 3.8) is 0 Å². The molecule has 154 valence electrons. The molecule has 0 saturated heterocycles. The molecular formula is C22H26N8. The molecule has 3 aromatic heterocycles. The summed E-state index contributed by atoms with van der Waals surface area (Å²) < 4.78 is 2.00. The van der Waals surface area contributed by atoms with Crippen LogP contribution in [0.25, 0.3) is 16.9 Å². The molecule has 0 fully saturated rings. The number of guanidine groups is 1. The van der Waals surface area contributed by atoms with Gasteiger partial charge in [0.2, 0.25) is 0 Å². The summed E-state index contributed by atoms with van der Waals surface area (Å²) in [6, 6.07) is 16.1. The van der Waals surface area contributed by atoms with Gasteiger partial charge in [-0.05, 0) is 24.6 Å². The maximum absolute atomic E-state index is 4.76. The fourth-order valence-electron chi connectivity index (χ4n) is 3.30. The summed E-state index contributed by atoms with van der Waals surface area (Å²) in [5.41, 5.74) is 2.99. The van der Waals surface area contributed by atoms with Gasteiger partial charge in [0.05, 0.1) is 18.4 Å². The summed E-state index contributed by atoms with van der Waals surface area (Å²) in [5.74, 6) is 2.64. The lowest BCUT2D eigenvalue weighted by Crippen LogP contribution is -2.38. The van der Waals surface area contributed by atoms with E-state index in [0.717, 1.165) is 41.1 Å². The predicted octanol–water partition coefficient (Wildman–Crippen LogP) is 2.76. The maximum atomic E-state index is 4.76. The number of aromatic amines is 1. The quantitative estimate of drug-likeness (QED) is 0.367.